The first-order valence-electron chi connectivity index (χ1n) is 5.75. The zero-order chi connectivity index (χ0) is 15.8. The molecule has 2 rings (SSSR count). The van der Waals surface area contributed by atoms with Gasteiger partial charge in [0.2, 0.25) is 0 Å². The molecule has 0 spiro atoms. The second-order valence-electron chi connectivity index (χ2n) is 4.35. The van der Waals surface area contributed by atoms with Gasteiger partial charge in [0.25, 0.3) is 10.0 Å². The molecule has 0 aliphatic carbocycles. The van der Waals surface area contributed by atoms with E-state index < -0.39 is 32.2 Å². The Morgan fingerprint density at radius 3 is 2.52 bits per heavy atom. The quantitative estimate of drug-likeness (QED) is 0.806. The number of nitrogens with two attached hydrogens (primary N) is 1. The molecule has 0 bridgehead atoms. The van der Waals surface area contributed by atoms with E-state index >= 15 is 0 Å². The molecule has 0 atom stereocenters. The number of halogens is 3. The van der Waals surface area contributed by atoms with Gasteiger partial charge in [-0.3, -0.25) is 4.72 Å². The molecule has 112 valence electrons. The first-order valence-corrected chi connectivity index (χ1v) is 8.02. The Kier molecular flexibility index (Phi) is 4.20. The Balaban J connectivity index is 2.48. The van der Waals surface area contributed by atoms with Crippen LogP contribution in [-0.4, -0.2) is 8.42 Å². The summed E-state index contributed by atoms with van der Waals surface area (Å²) in [4.78, 5) is -0.713. The number of hydrogen-bond donors (Lipinski definition) is 2. The molecule has 4 nitrogen and oxygen atoms in total. The van der Waals surface area contributed by atoms with Crippen molar-refractivity contribution in [3.8, 4) is 0 Å². The minimum absolute atomic E-state index is 0.247. The number of nitrogens with one attached hydrogen (secondary N) is 1. The number of nitrogen functional groups attached to an aromatic ring is 1. The molecule has 0 amide bonds. The molecule has 3 N–H and O–H groups in total. The summed E-state index contributed by atoms with van der Waals surface area (Å²) in [5.74, 6) is -2.22. The highest BCUT2D eigenvalue weighted by Crippen LogP contribution is 2.29. The average Bonchev–Trinajstić information content (AvgIpc) is 2.39. The summed E-state index contributed by atoms with van der Waals surface area (Å²) in [6, 6.07) is 6.12. The van der Waals surface area contributed by atoms with Crippen molar-refractivity contribution >= 4 is 37.3 Å². The Morgan fingerprint density at radius 2 is 1.86 bits per heavy atom. The van der Waals surface area contributed by atoms with Crippen molar-refractivity contribution in [3.63, 3.8) is 0 Å². The van der Waals surface area contributed by atoms with Crippen molar-refractivity contribution in [2.75, 3.05) is 10.5 Å². The molecule has 21 heavy (non-hydrogen) atoms. The van der Waals surface area contributed by atoms with Crippen LogP contribution < -0.4 is 10.5 Å². The number of benzene rings is 2. The third-order valence-corrected chi connectivity index (χ3v) is 5.21. The van der Waals surface area contributed by atoms with Crippen LogP contribution in [0.4, 0.5) is 20.2 Å². The van der Waals surface area contributed by atoms with E-state index in [2.05, 4.69) is 20.7 Å². The number of anilines is 2. The van der Waals surface area contributed by atoms with Crippen LogP contribution >= 0.6 is 15.9 Å². The molecule has 2 aromatic carbocycles. The molecule has 0 unspecified atom stereocenters. The zero-order valence-corrected chi connectivity index (χ0v) is 13.2. The van der Waals surface area contributed by atoms with Gasteiger partial charge in [0.1, 0.15) is 16.5 Å². The van der Waals surface area contributed by atoms with E-state index in [9.17, 15) is 17.2 Å². The Morgan fingerprint density at radius 1 is 1.19 bits per heavy atom. The van der Waals surface area contributed by atoms with Crippen molar-refractivity contribution in [1.29, 1.82) is 0 Å². The van der Waals surface area contributed by atoms with Gasteiger partial charge in [0.05, 0.1) is 11.4 Å². The monoisotopic (exact) mass is 376 g/mol. The van der Waals surface area contributed by atoms with E-state index in [1.165, 1.54) is 6.07 Å². The van der Waals surface area contributed by atoms with Crippen molar-refractivity contribution in [1.82, 2.24) is 0 Å². The standard InChI is InChI=1S/C13H11BrF2N2O2S/c1-7-3-2-4-11(13(7)14)18-21(19,20)12-6-10(17)8(15)5-9(12)16/h2-6,18H,17H2,1H3. The predicted molar refractivity (Wildman–Crippen MR) is 80.5 cm³/mol. The first-order chi connectivity index (χ1) is 9.72. The Labute approximate surface area is 129 Å². The van der Waals surface area contributed by atoms with Gasteiger partial charge in [-0.2, -0.15) is 0 Å². The minimum atomic E-state index is -4.22. The van der Waals surface area contributed by atoms with E-state index in [-0.39, 0.29) is 5.69 Å². The summed E-state index contributed by atoms with van der Waals surface area (Å²) in [6.45, 7) is 1.78. The molecule has 0 saturated carbocycles. The van der Waals surface area contributed by atoms with Crippen molar-refractivity contribution in [2.24, 2.45) is 0 Å². The molecule has 0 heterocycles. The predicted octanol–water partition coefficient (Wildman–Crippen LogP) is 3.42. The van der Waals surface area contributed by atoms with Gasteiger partial charge >= 0.3 is 0 Å². The molecule has 2 aromatic rings. The number of sulfonamides is 1. The van der Waals surface area contributed by atoms with Crippen LogP contribution in [0.1, 0.15) is 5.56 Å². The van der Waals surface area contributed by atoms with E-state index in [1.807, 2.05) is 0 Å². The smallest absolute Gasteiger partial charge is 0.264 e. The minimum Gasteiger partial charge on any atom is -0.396 e. The number of aryl methyl sites for hydroxylation is 1. The second kappa shape index (κ2) is 5.61. The van der Waals surface area contributed by atoms with Crippen LogP contribution in [0.2, 0.25) is 0 Å². The van der Waals surface area contributed by atoms with Gasteiger partial charge in [-0.05, 0) is 40.5 Å². The lowest BCUT2D eigenvalue weighted by atomic mass is 10.2. The SMILES string of the molecule is Cc1cccc(NS(=O)(=O)c2cc(N)c(F)cc2F)c1Br. The summed E-state index contributed by atoms with van der Waals surface area (Å²) in [5.41, 5.74) is 5.89. The van der Waals surface area contributed by atoms with E-state index in [0.29, 0.717) is 10.5 Å². The molecule has 0 aliphatic rings. The van der Waals surface area contributed by atoms with Crippen LogP contribution in [0.3, 0.4) is 0 Å². The maximum absolute atomic E-state index is 13.7. The molecule has 0 radical (unpaired) electrons. The third-order valence-electron chi connectivity index (χ3n) is 2.78. The van der Waals surface area contributed by atoms with Crippen LogP contribution in [0.15, 0.2) is 39.7 Å². The van der Waals surface area contributed by atoms with Gasteiger partial charge < -0.3 is 5.73 Å². The molecule has 0 aromatic heterocycles. The molecule has 8 heteroatoms. The van der Waals surface area contributed by atoms with Gasteiger partial charge in [0.15, 0.2) is 0 Å². The highest BCUT2D eigenvalue weighted by molar-refractivity contribution is 9.10. The van der Waals surface area contributed by atoms with Gasteiger partial charge in [0, 0.05) is 10.5 Å². The summed E-state index contributed by atoms with van der Waals surface area (Å²) in [7, 11) is -4.22. The number of hydrogen-bond acceptors (Lipinski definition) is 3. The summed E-state index contributed by atoms with van der Waals surface area (Å²) in [6.07, 6.45) is 0. The van der Waals surface area contributed by atoms with E-state index in [1.54, 1.807) is 19.1 Å². The fourth-order valence-electron chi connectivity index (χ4n) is 1.68. The van der Waals surface area contributed by atoms with Crippen LogP contribution in [0.5, 0.6) is 0 Å². The Bertz CT molecular complexity index is 810. The number of rotatable bonds is 3. The topological polar surface area (TPSA) is 72.2 Å². The largest absolute Gasteiger partial charge is 0.396 e. The Hall–Kier alpha value is -1.67. The molecule has 0 aliphatic heterocycles. The lowest BCUT2D eigenvalue weighted by Gasteiger charge is -2.12. The van der Waals surface area contributed by atoms with Gasteiger partial charge in [-0.1, -0.05) is 12.1 Å². The van der Waals surface area contributed by atoms with Gasteiger partial charge in [-0.15, -0.1) is 0 Å². The van der Waals surface area contributed by atoms with E-state index in [0.717, 1.165) is 11.6 Å². The second-order valence-corrected chi connectivity index (χ2v) is 6.79. The highest BCUT2D eigenvalue weighted by atomic mass is 79.9. The third kappa shape index (κ3) is 3.16. The summed E-state index contributed by atoms with van der Waals surface area (Å²) in [5, 5.41) is 0. The zero-order valence-electron chi connectivity index (χ0n) is 10.8. The summed E-state index contributed by atoms with van der Waals surface area (Å²) >= 11 is 3.24. The van der Waals surface area contributed by atoms with E-state index in [4.69, 9.17) is 5.73 Å². The van der Waals surface area contributed by atoms with Crippen LogP contribution in [-0.2, 0) is 10.0 Å². The maximum atomic E-state index is 13.7. The maximum Gasteiger partial charge on any atom is 0.264 e. The summed E-state index contributed by atoms with van der Waals surface area (Å²) < 4.78 is 54.0. The highest BCUT2D eigenvalue weighted by Gasteiger charge is 2.22. The molecule has 0 saturated heterocycles. The van der Waals surface area contributed by atoms with Crippen molar-refractivity contribution in [3.05, 3.63) is 52.0 Å². The lowest BCUT2D eigenvalue weighted by molar-refractivity contribution is 0.553. The average molecular weight is 377 g/mol. The molecule has 0 fully saturated rings. The van der Waals surface area contributed by atoms with Crippen LogP contribution in [0, 0.1) is 18.6 Å². The van der Waals surface area contributed by atoms with Gasteiger partial charge in [-0.25, -0.2) is 17.2 Å². The fraction of sp³-hybridized carbons (Fsp3) is 0.0769. The first kappa shape index (κ1) is 15.7. The lowest BCUT2D eigenvalue weighted by Crippen LogP contribution is -2.16. The normalized spacial score (nSPS) is 11.4. The van der Waals surface area contributed by atoms with Crippen molar-refractivity contribution in [2.45, 2.75) is 11.8 Å². The van der Waals surface area contributed by atoms with Crippen LogP contribution in [0.25, 0.3) is 0 Å². The van der Waals surface area contributed by atoms with Crippen molar-refractivity contribution < 1.29 is 17.2 Å². The fourth-order valence-corrected chi connectivity index (χ4v) is 3.34. The molecular formula is C13H11BrF2N2O2S. The molecular weight excluding hydrogens is 366 g/mol.